The van der Waals surface area contributed by atoms with Crippen LogP contribution in [0.15, 0.2) is 60.0 Å². The summed E-state index contributed by atoms with van der Waals surface area (Å²) < 4.78 is 28.1. The van der Waals surface area contributed by atoms with E-state index in [0.29, 0.717) is 0 Å². The summed E-state index contributed by atoms with van der Waals surface area (Å²) >= 11 is 0. The molecule has 0 unspecified atom stereocenters. The van der Waals surface area contributed by atoms with Crippen LogP contribution in [0.3, 0.4) is 0 Å². The van der Waals surface area contributed by atoms with Gasteiger partial charge in [-0.25, -0.2) is 17.8 Å². The molecule has 7 nitrogen and oxygen atoms in total. The summed E-state index contributed by atoms with van der Waals surface area (Å²) in [6.45, 7) is 0.167. The molecule has 3 rings (SSSR count). The predicted octanol–water partition coefficient (Wildman–Crippen LogP) is 1.07. The molecule has 0 fully saturated rings. The third kappa shape index (κ3) is 3.01. The molecule has 0 aliphatic heterocycles. The summed E-state index contributed by atoms with van der Waals surface area (Å²) in [5.74, 6) is 0. The van der Waals surface area contributed by atoms with Gasteiger partial charge in [0.1, 0.15) is 4.90 Å². The first-order valence-corrected chi connectivity index (χ1v) is 7.71. The second-order valence-corrected chi connectivity index (χ2v) is 6.15. The fraction of sp³-hybridized carbons (Fsp3) is 0.0769. The van der Waals surface area contributed by atoms with Crippen LogP contribution < -0.4 is 4.72 Å². The highest BCUT2D eigenvalue weighted by atomic mass is 32.2. The average Bonchev–Trinajstić information content (AvgIpc) is 3.18. The Morgan fingerprint density at radius 1 is 1.19 bits per heavy atom. The Bertz CT molecular complexity index is 809. The molecular weight excluding hydrogens is 290 g/mol. The van der Waals surface area contributed by atoms with Gasteiger partial charge in [-0.2, -0.15) is 10.2 Å². The van der Waals surface area contributed by atoms with Crippen molar-refractivity contribution in [1.82, 2.24) is 24.7 Å². The van der Waals surface area contributed by atoms with Crippen molar-refractivity contribution in [2.24, 2.45) is 0 Å². The van der Waals surface area contributed by atoms with E-state index in [1.54, 1.807) is 17.1 Å². The van der Waals surface area contributed by atoms with Gasteiger partial charge in [-0.15, -0.1) is 0 Å². The first kappa shape index (κ1) is 13.5. The molecule has 0 aliphatic carbocycles. The molecule has 0 spiro atoms. The molecule has 0 bridgehead atoms. The molecule has 8 heteroatoms. The Labute approximate surface area is 121 Å². The number of aromatic nitrogens is 4. The molecule has 0 aliphatic rings. The molecular formula is C13H13N5O2S. The van der Waals surface area contributed by atoms with Crippen molar-refractivity contribution in [2.45, 2.75) is 11.4 Å². The van der Waals surface area contributed by atoms with Crippen molar-refractivity contribution < 1.29 is 8.42 Å². The smallest absolute Gasteiger partial charge is 0.243 e. The monoisotopic (exact) mass is 303 g/mol. The second-order valence-electron chi connectivity index (χ2n) is 4.39. The highest BCUT2D eigenvalue weighted by Crippen LogP contribution is 2.09. The molecule has 0 saturated carbocycles. The molecule has 0 atom stereocenters. The predicted molar refractivity (Wildman–Crippen MR) is 76.2 cm³/mol. The first-order valence-electron chi connectivity index (χ1n) is 6.22. The lowest BCUT2D eigenvalue weighted by Crippen LogP contribution is -2.22. The zero-order valence-electron chi connectivity index (χ0n) is 11.0. The van der Waals surface area contributed by atoms with Crippen LogP contribution in [0.4, 0.5) is 0 Å². The van der Waals surface area contributed by atoms with Crippen molar-refractivity contribution in [3.63, 3.8) is 0 Å². The number of nitrogens with zero attached hydrogens (tertiary/aromatic N) is 3. The fourth-order valence-electron chi connectivity index (χ4n) is 1.82. The first-order chi connectivity index (χ1) is 10.1. The van der Waals surface area contributed by atoms with Crippen molar-refractivity contribution in [1.29, 1.82) is 0 Å². The van der Waals surface area contributed by atoms with Crippen LogP contribution in [0.2, 0.25) is 0 Å². The largest absolute Gasteiger partial charge is 0.284 e. The van der Waals surface area contributed by atoms with E-state index in [9.17, 15) is 8.42 Å². The Hall–Kier alpha value is -2.45. The van der Waals surface area contributed by atoms with Crippen LogP contribution in [0.25, 0.3) is 5.69 Å². The number of rotatable bonds is 5. The summed E-state index contributed by atoms with van der Waals surface area (Å²) in [6, 6.07) is 9.60. The Morgan fingerprint density at radius 3 is 2.71 bits per heavy atom. The Morgan fingerprint density at radius 2 is 2.00 bits per heavy atom. The van der Waals surface area contributed by atoms with Gasteiger partial charge in [0.25, 0.3) is 0 Å². The highest BCUT2D eigenvalue weighted by molar-refractivity contribution is 7.89. The van der Waals surface area contributed by atoms with Crippen LogP contribution >= 0.6 is 0 Å². The SMILES string of the molecule is O=S(=O)(NCc1cnn(-c2ccccc2)c1)c1cn[nH]c1. The second kappa shape index (κ2) is 5.51. The molecule has 108 valence electrons. The number of nitrogens with one attached hydrogen (secondary N) is 2. The average molecular weight is 303 g/mol. The quantitative estimate of drug-likeness (QED) is 0.737. The maximum absolute atomic E-state index is 11.9. The van der Waals surface area contributed by atoms with E-state index in [1.807, 2.05) is 30.3 Å². The van der Waals surface area contributed by atoms with Gasteiger partial charge in [-0.3, -0.25) is 5.10 Å². The Kier molecular flexibility index (Phi) is 3.55. The normalized spacial score (nSPS) is 11.6. The summed E-state index contributed by atoms with van der Waals surface area (Å²) in [4.78, 5) is 0.109. The molecule has 0 radical (unpaired) electrons. The van der Waals surface area contributed by atoms with Crippen LogP contribution in [-0.4, -0.2) is 28.4 Å². The maximum Gasteiger partial charge on any atom is 0.243 e. The molecule has 21 heavy (non-hydrogen) atoms. The lowest BCUT2D eigenvalue weighted by molar-refractivity contribution is 0.581. The van der Waals surface area contributed by atoms with Gasteiger partial charge in [-0.05, 0) is 12.1 Å². The zero-order chi connectivity index (χ0) is 14.7. The van der Waals surface area contributed by atoms with Gasteiger partial charge < -0.3 is 0 Å². The van der Waals surface area contributed by atoms with Crippen molar-refractivity contribution in [3.05, 3.63) is 60.7 Å². The van der Waals surface area contributed by atoms with Crippen molar-refractivity contribution in [3.8, 4) is 5.69 Å². The maximum atomic E-state index is 11.9. The fourth-order valence-corrected chi connectivity index (χ4v) is 2.74. The van der Waals surface area contributed by atoms with Crippen molar-refractivity contribution in [2.75, 3.05) is 0 Å². The summed E-state index contributed by atoms with van der Waals surface area (Å²) in [7, 11) is -3.55. The number of benzene rings is 1. The van der Waals surface area contributed by atoms with E-state index in [1.165, 1.54) is 12.4 Å². The van der Waals surface area contributed by atoms with E-state index in [0.717, 1.165) is 11.3 Å². The summed E-state index contributed by atoms with van der Waals surface area (Å²) in [5.41, 5.74) is 1.69. The molecule has 1 aromatic carbocycles. The molecule has 2 aromatic heterocycles. The minimum Gasteiger partial charge on any atom is -0.284 e. The zero-order valence-corrected chi connectivity index (χ0v) is 11.8. The van der Waals surface area contributed by atoms with Crippen LogP contribution in [0.1, 0.15) is 5.56 Å². The van der Waals surface area contributed by atoms with E-state index in [2.05, 4.69) is 20.0 Å². The van der Waals surface area contributed by atoms with Crippen LogP contribution in [0, 0.1) is 0 Å². The number of hydrogen-bond acceptors (Lipinski definition) is 4. The van der Waals surface area contributed by atoms with Crippen molar-refractivity contribution >= 4 is 10.0 Å². The number of sulfonamides is 1. The number of hydrogen-bond donors (Lipinski definition) is 2. The molecule has 2 N–H and O–H groups in total. The van der Waals surface area contributed by atoms with Gasteiger partial charge >= 0.3 is 0 Å². The van der Waals surface area contributed by atoms with Crippen LogP contribution in [-0.2, 0) is 16.6 Å². The molecule has 0 saturated heterocycles. The van der Waals surface area contributed by atoms with Gasteiger partial charge in [0.2, 0.25) is 10.0 Å². The minimum absolute atomic E-state index is 0.109. The van der Waals surface area contributed by atoms with Gasteiger partial charge in [-0.1, -0.05) is 18.2 Å². The molecule has 3 aromatic rings. The van der Waals surface area contributed by atoms with E-state index >= 15 is 0 Å². The Balaban J connectivity index is 1.71. The third-order valence-corrected chi connectivity index (χ3v) is 4.27. The standard InChI is InChI=1S/C13H13N5O2S/c19-21(20,13-8-14-15-9-13)17-7-11-6-16-18(10-11)12-4-2-1-3-5-12/h1-6,8-10,17H,7H2,(H,14,15). The lowest BCUT2D eigenvalue weighted by atomic mass is 10.3. The topological polar surface area (TPSA) is 92.7 Å². The van der Waals surface area contributed by atoms with E-state index in [-0.39, 0.29) is 11.4 Å². The summed E-state index contributed by atoms with van der Waals surface area (Å²) in [5, 5.41) is 10.3. The molecule has 2 heterocycles. The number of para-hydroxylation sites is 1. The van der Waals surface area contributed by atoms with E-state index < -0.39 is 10.0 Å². The highest BCUT2D eigenvalue weighted by Gasteiger charge is 2.15. The number of aromatic amines is 1. The van der Waals surface area contributed by atoms with Gasteiger partial charge in [0.15, 0.2) is 0 Å². The summed E-state index contributed by atoms with van der Waals surface area (Å²) in [6.07, 6.45) is 6.00. The molecule has 0 amide bonds. The third-order valence-electron chi connectivity index (χ3n) is 2.91. The minimum atomic E-state index is -3.55. The van der Waals surface area contributed by atoms with Crippen LogP contribution in [0.5, 0.6) is 0 Å². The van der Waals surface area contributed by atoms with Gasteiger partial charge in [0.05, 0.1) is 18.1 Å². The van der Waals surface area contributed by atoms with E-state index in [4.69, 9.17) is 0 Å². The lowest BCUT2D eigenvalue weighted by Gasteiger charge is -2.02. The number of H-pyrrole nitrogens is 1. The van der Waals surface area contributed by atoms with Gasteiger partial charge in [0, 0.05) is 24.5 Å².